The van der Waals surface area contributed by atoms with Crippen LogP contribution in [-0.4, -0.2) is 19.5 Å². The number of rotatable bonds is 3. The summed E-state index contributed by atoms with van der Waals surface area (Å²) in [4.78, 5) is 13.6. The van der Waals surface area contributed by atoms with Gasteiger partial charge in [-0.3, -0.25) is 0 Å². The van der Waals surface area contributed by atoms with Crippen LogP contribution in [0.3, 0.4) is 0 Å². The van der Waals surface area contributed by atoms with E-state index in [-0.39, 0.29) is 5.28 Å². The predicted octanol–water partition coefficient (Wildman–Crippen LogP) is 8.86. The summed E-state index contributed by atoms with van der Waals surface area (Å²) in [6.07, 6.45) is 0. The van der Waals surface area contributed by atoms with Crippen molar-refractivity contribution < 1.29 is 4.42 Å². The average molecular weight is 523 g/mol. The summed E-state index contributed by atoms with van der Waals surface area (Å²) in [6, 6.07) is 39.1. The molecule has 0 bridgehead atoms. The second kappa shape index (κ2) is 8.51. The zero-order chi connectivity index (χ0) is 25.9. The van der Waals surface area contributed by atoms with Crippen LogP contribution in [0.5, 0.6) is 0 Å². The van der Waals surface area contributed by atoms with E-state index in [4.69, 9.17) is 21.0 Å². The molecule has 0 aliphatic heterocycles. The maximum absolute atomic E-state index is 6.53. The molecule has 5 aromatic carbocycles. The van der Waals surface area contributed by atoms with Gasteiger partial charge in [0.05, 0.1) is 16.6 Å². The molecule has 0 spiro atoms. The third kappa shape index (κ3) is 3.44. The highest BCUT2D eigenvalue weighted by atomic mass is 35.5. The van der Waals surface area contributed by atoms with Gasteiger partial charge in [0.2, 0.25) is 5.28 Å². The smallest absolute Gasteiger partial charge is 0.226 e. The molecule has 0 N–H and O–H groups in total. The van der Waals surface area contributed by atoms with E-state index in [0.29, 0.717) is 17.2 Å². The highest BCUT2D eigenvalue weighted by Gasteiger charge is 2.18. The van der Waals surface area contributed by atoms with Crippen molar-refractivity contribution in [1.29, 1.82) is 0 Å². The molecule has 0 fully saturated rings. The standard InChI is InChI=1S/C33H19ClN4O/c34-33-36-31(20-9-2-1-3-10-20)35-32(37-33)26-14-8-13-25-24-18-17-21(19-29(24)39-30(25)26)38-27-15-6-4-11-22(27)23-12-5-7-16-28(23)38/h1-19H. The fraction of sp³-hybridized carbons (Fsp3) is 0. The van der Waals surface area contributed by atoms with Crippen molar-refractivity contribution >= 4 is 55.3 Å². The Kier molecular flexibility index (Phi) is 4.81. The summed E-state index contributed by atoms with van der Waals surface area (Å²) >= 11 is 6.36. The lowest BCUT2D eigenvalue weighted by molar-refractivity contribution is 0.669. The summed E-state index contributed by atoms with van der Waals surface area (Å²) in [5.74, 6) is 0.994. The second-order valence-corrected chi connectivity index (χ2v) is 9.79. The summed E-state index contributed by atoms with van der Waals surface area (Å²) in [5, 5.41) is 4.61. The van der Waals surface area contributed by atoms with Gasteiger partial charge in [-0.1, -0.05) is 78.9 Å². The molecular weight excluding hydrogens is 504 g/mol. The fourth-order valence-electron chi connectivity index (χ4n) is 5.49. The van der Waals surface area contributed by atoms with E-state index in [1.54, 1.807) is 0 Å². The molecule has 8 aromatic rings. The number of para-hydroxylation sites is 3. The van der Waals surface area contributed by atoms with Crippen LogP contribution in [0.15, 0.2) is 120 Å². The molecule has 39 heavy (non-hydrogen) atoms. The first-order valence-corrected chi connectivity index (χ1v) is 13.0. The number of fused-ring (bicyclic) bond motifs is 6. The zero-order valence-corrected chi connectivity index (χ0v) is 21.3. The van der Waals surface area contributed by atoms with Crippen molar-refractivity contribution in [1.82, 2.24) is 19.5 Å². The molecule has 0 aliphatic carbocycles. The molecule has 6 heteroatoms. The highest BCUT2D eigenvalue weighted by Crippen LogP contribution is 2.38. The Hall–Kier alpha value is -5.00. The topological polar surface area (TPSA) is 56.7 Å². The Balaban J connectivity index is 1.34. The first kappa shape index (κ1) is 22.0. The first-order valence-electron chi connectivity index (χ1n) is 12.7. The normalized spacial score (nSPS) is 11.7. The van der Waals surface area contributed by atoms with Gasteiger partial charge in [0.1, 0.15) is 11.2 Å². The van der Waals surface area contributed by atoms with Crippen LogP contribution in [0.1, 0.15) is 0 Å². The largest absolute Gasteiger partial charge is 0.455 e. The average Bonchev–Trinajstić information content (AvgIpc) is 3.52. The summed E-state index contributed by atoms with van der Waals surface area (Å²) in [7, 11) is 0. The quantitative estimate of drug-likeness (QED) is 0.232. The molecule has 0 aliphatic rings. The predicted molar refractivity (Wildman–Crippen MR) is 157 cm³/mol. The van der Waals surface area contributed by atoms with Crippen molar-refractivity contribution in [3.63, 3.8) is 0 Å². The monoisotopic (exact) mass is 522 g/mol. The Morgan fingerprint density at radius 3 is 2.00 bits per heavy atom. The Bertz CT molecular complexity index is 2140. The molecule has 8 rings (SSSR count). The van der Waals surface area contributed by atoms with Crippen molar-refractivity contribution in [2.24, 2.45) is 0 Å². The van der Waals surface area contributed by atoms with Crippen molar-refractivity contribution in [2.45, 2.75) is 0 Å². The molecule has 0 saturated carbocycles. The molecule has 0 unspecified atom stereocenters. The first-order chi connectivity index (χ1) is 19.2. The number of aromatic nitrogens is 4. The Labute approximate surface area is 228 Å². The Morgan fingerprint density at radius 1 is 0.564 bits per heavy atom. The SMILES string of the molecule is Clc1nc(-c2ccccc2)nc(-c2cccc3c2oc2cc(-n4c5ccccc5c5ccccc54)ccc23)n1. The number of benzene rings is 5. The summed E-state index contributed by atoms with van der Waals surface area (Å²) < 4.78 is 8.82. The molecule has 0 saturated heterocycles. The van der Waals surface area contributed by atoms with E-state index in [1.165, 1.54) is 10.8 Å². The van der Waals surface area contributed by atoms with Gasteiger partial charge < -0.3 is 8.98 Å². The van der Waals surface area contributed by atoms with E-state index in [1.807, 2.05) is 42.5 Å². The van der Waals surface area contributed by atoms with Crippen LogP contribution in [0.2, 0.25) is 5.28 Å². The van der Waals surface area contributed by atoms with E-state index < -0.39 is 0 Å². The molecule has 5 nitrogen and oxygen atoms in total. The van der Waals surface area contributed by atoms with E-state index >= 15 is 0 Å². The Morgan fingerprint density at radius 2 is 1.23 bits per heavy atom. The maximum Gasteiger partial charge on any atom is 0.226 e. The van der Waals surface area contributed by atoms with Crippen LogP contribution >= 0.6 is 11.6 Å². The van der Waals surface area contributed by atoms with E-state index in [9.17, 15) is 0 Å². The zero-order valence-electron chi connectivity index (χ0n) is 20.5. The third-order valence-electron chi connectivity index (χ3n) is 7.20. The lowest BCUT2D eigenvalue weighted by Gasteiger charge is -2.07. The van der Waals surface area contributed by atoms with Crippen molar-refractivity contribution in [3.8, 4) is 28.5 Å². The highest BCUT2D eigenvalue weighted by molar-refractivity contribution is 6.28. The lowest BCUT2D eigenvalue weighted by atomic mass is 10.1. The summed E-state index contributed by atoms with van der Waals surface area (Å²) in [5.41, 5.74) is 6.49. The maximum atomic E-state index is 6.53. The third-order valence-corrected chi connectivity index (χ3v) is 7.37. The second-order valence-electron chi connectivity index (χ2n) is 9.45. The minimum absolute atomic E-state index is 0.139. The van der Waals surface area contributed by atoms with Crippen LogP contribution in [0.4, 0.5) is 0 Å². The summed E-state index contributed by atoms with van der Waals surface area (Å²) in [6.45, 7) is 0. The van der Waals surface area contributed by atoms with Gasteiger partial charge in [-0.15, -0.1) is 0 Å². The minimum atomic E-state index is 0.139. The van der Waals surface area contributed by atoms with Crippen LogP contribution in [0.25, 0.3) is 72.2 Å². The van der Waals surface area contributed by atoms with Crippen LogP contribution in [-0.2, 0) is 0 Å². The van der Waals surface area contributed by atoms with E-state index in [2.05, 4.69) is 87.3 Å². The molecule has 0 atom stereocenters. The molecule has 184 valence electrons. The van der Waals surface area contributed by atoms with Gasteiger partial charge in [-0.25, -0.2) is 4.98 Å². The fourth-order valence-corrected chi connectivity index (χ4v) is 5.65. The van der Waals surface area contributed by atoms with Gasteiger partial charge in [0, 0.05) is 38.9 Å². The van der Waals surface area contributed by atoms with Gasteiger partial charge in [-0.2, -0.15) is 9.97 Å². The number of halogens is 1. The van der Waals surface area contributed by atoms with Crippen LogP contribution in [0, 0.1) is 0 Å². The molecule has 0 amide bonds. The number of nitrogens with zero attached hydrogens (tertiary/aromatic N) is 4. The van der Waals surface area contributed by atoms with Crippen molar-refractivity contribution in [2.75, 3.05) is 0 Å². The number of hydrogen-bond donors (Lipinski definition) is 0. The molecule has 0 radical (unpaired) electrons. The van der Waals surface area contributed by atoms with Crippen molar-refractivity contribution in [3.05, 3.63) is 121 Å². The number of furan rings is 1. The molecular formula is C33H19ClN4O. The molecule has 3 heterocycles. The number of hydrogen-bond acceptors (Lipinski definition) is 4. The van der Waals surface area contributed by atoms with Gasteiger partial charge in [-0.05, 0) is 41.9 Å². The lowest BCUT2D eigenvalue weighted by Crippen LogP contribution is -1.97. The van der Waals surface area contributed by atoms with Gasteiger partial charge >= 0.3 is 0 Å². The minimum Gasteiger partial charge on any atom is -0.455 e. The van der Waals surface area contributed by atoms with Gasteiger partial charge in [0.25, 0.3) is 0 Å². The van der Waals surface area contributed by atoms with E-state index in [0.717, 1.165) is 44.2 Å². The molecule has 3 aromatic heterocycles. The van der Waals surface area contributed by atoms with Gasteiger partial charge in [0.15, 0.2) is 11.6 Å². The van der Waals surface area contributed by atoms with Crippen LogP contribution < -0.4 is 0 Å².